The highest BCUT2D eigenvalue weighted by molar-refractivity contribution is 6.30. The molecule has 0 atom stereocenters. The number of nitrogens with one attached hydrogen (secondary N) is 2. The summed E-state index contributed by atoms with van der Waals surface area (Å²) < 4.78 is 0. The van der Waals surface area contributed by atoms with Crippen molar-refractivity contribution in [3.8, 4) is 0 Å². The van der Waals surface area contributed by atoms with Gasteiger partial charge in [-0.2, -0.15) is 0 Å². The number of hydrogen-bond donors (Lipinski definition) is 3. The van der Waals surface area contributed by atoms with Crippen LogP contribution in [0.5, 0.6) is 0 Å². The molecule has 14 heavy (non-hydrogen) atoms. The predicted molar refractivity (Wildman–Crippen MR) is 58.0 cm³/mol. The standard InChI is InChI=1S/C10H10ClN3/c11-8-3-1-2-7(6-8)9-4-5-10(12)14-13-9/h1-6,13-14H,12H2. The van der Waals surface area contributed by atoms with Gasteiger partial charge in [-0.1, -0.05) is 23.7 Å². The van der Waals surface area contributed by atoms with E-state index in [0.717, 1.165) is 11.3 Å². The molecule has 0 amide bonds. The van der Waals surface area contributed by atoms with E-state index in [1.165, 1.54) is 0 Å². The molecule has 3 nitrogen and oxygen atoms in total. The molecule has 0 radical (unpaired) electrons. The minimum atomic E-state index is 0.593. The van der Waals surface area contributed by atoms with E-state index in [9.17, 15) is 0 Å². The molecule has 0 saturated heterocycles. The Hall–Kier alpha value is -1.61. The van der Waals surface area contributed by atoms with Gasteiger partial charge in [0.1, 0.15) is 5.82 Å². The maximum absolute atomic E-state index is 5.88. The minimum Gasteiger partial charge on any atom is -0.384 e. The van der Waals surface area contributed by atoms with E-state index in [0.29, 0.717) is 10.8 Å². The number of hydrazine groups is 1. The molecule has 1 heterocycles. The van der Waals surface area contributed by atoms with E-state index < -0.39 is 0 Å². The lowest BCUT2D eigenvalue weighted by Crippen LogP contribution is -2.35. The molecule has 1 aliphatic rings. The molecule has 2 rings (SSSR count). The third kappa shape index (κ3) is 1.83. The SMILES string of the molecule is NC1=CC=C(c2cccc(Cl)c2)NN1. The minimum absolute atomic E-state index is 0.593. The van der Waals surface area contributed by atoms with Gasteiger partial charge < -0.3 is 5.73 Å². The Morgan fingerprint density at radius 2 is 2.00 bits per heavy atom. The quantitative estimate of drug-likeness (QED) is 0.656. The molecule has 4 heteroatoms. The van der Waals surface area contributed by atoms with Gasteiger partial charge in [0, 0.05) is 10.6 Å². The van der Waals surface area contributed by atoms with Crippen molar-refractivity contribution in [3.63, 3.8) is 0 Å². The number of nitrogens with two attached hydrogens (primary N) is 1. The molecule has 1 aromatic carbocycles. The first kappa shape index (κ1) is 8.97. The summed E-state index contributed by atoms with van der Waals surface area (Å²) in [6, 6.07) is 7.60. The normalized spacial score (nSPS) is 14.9. The van der Waals surface area contributed by atoms with Gasteiger partial charge in [0.15, 0.2) is 0 Å². The molecule has 0 aliphatic carbocycles. The lowest BCUT2D eigenvalue weighted by molar-refractivity contribution is 0.726. The second kappa shape index (κ2) is 3.64. The number of benzene rings is 1. The van der Waals surface area contributed by atoms with E-state index in [-0.39, 0.29) is 0 Å². The first-order valence-electron chi connectivity index (χ1n) is 4.21. The van der Waals surface area contributed by atoms with Crippen LogP contribution in [-0.4, -0.2) is 0 Å². The molecule has 1 aliphatic heterocycles. The number of hydrogen-bond acceptors (Lipinski definition) is 3. The van der Waals surface area contributed by atoms with Crippen LogP contribution >= 0.6 is 11.6 Å². The van der Waals surface area contributed by atoms with Crippen molar-refractivity contribution < 1.29 is 0 Å². The van der Waals surface area contributed by atoms with Crippen molar-refractivity contribution in [3.05, 3.63) is 52.8 Å². The van der Waals surface area contributed by atoms with E-state index in [1.54, 1.807) is 6.08 Å². The molecule has 0 aromatic heterocycles. The molecule has 0 fully saturated rings. The smallest absolute Gasteiger partial charge is 0.115 e. The van der Waals surface area contributed by atoms with Crippen LogP contribution in [0.4, 0.5) is 0 Å². The Balaban J connectivity index is 2.32. The highest BCUT2D eigenvalue weighted by Gasteiger charge is 2.04. The van der Waals surface area contributed by atoms with E-state index >= 15 is 0 Å². The van der Waals surface area contributed by atoms with Crippen molar-refractivity contribution in [1.29, 1.82) is 0 Å². The van der Waals surface area contributed by atoms with Crippen LogP contribution in [0.25, 0.3) is 5.70 Å². The molecule has 72 valence electrons. The maximum Gasteiger partial charge on any atom is 0.115 e. The largest absolute Gasteiger partial charge is 0.384 e. The van der Waals surface area contributed by atoms with Crippen LogP contribution in [0.1, 0.15) is 5.56 Å². The fraction of sp³-hybridized carbons (Fsp3) is 0. The molecule has 4 N–H and O–H groups in total. The van der Waals surface area contributed by atoms with E-state index in [1.807, 2.05) is 30.3 Å². The van der Waals surface area contributed by atoms with Crippen molar-refractivity contribution in [1.82, 2.24) is 10.9 Å². The Labute approximate surface area is 87.2 Å². The Morgan fingerprint density at radius 3 is 2.64 bits per heavy atom. The lowest BCUT2D eigenvalue weighted by Gasteiger charge is -2.16. The summed E-state index contributed by atoms with van der Waals surface area (Å²) in [5.74, 6) is 0.593. The Kier molecular flexibility index (Phi) is 2.33. The van der Waals surface area contributed by atoms with E-state index in [4.69, 9.17) is 17.3 Å². The highest BCUT2D eigenvalue weighted by atomic mass is 35.5. The van der Waals surface area contributed by atoms with Crippen molar-refractivity contribution in [2.24, 2.45) is 5.73 Å². The third-order valence-corrected chi connectivity index (χ3v) is 2.14. The summed E-state index contributed by atoms with van der Waals surface area (Å²) in [5.41, 5.74) is 13.3. The Bertz CT molecular complexity index is 410. The first-order chi connectivity index (χ1) is 6.75. The maximum atomic E-state index is 5.88. The van der Waals surface area contributed by atoms with Gasteiger partial charge in [0.2, 0.25) is 0 Å². The van der Waals surface area contributed by atoms with Crippen molar-refractivity contribution in [2.45, 2.75) is 0 Å². The van der Waals surface area contributed by atoms with E-state index in [2.05, 4.69) is 10.9 Å². The highest BCUT2D eigenvalue weighted by Crippen LogP contribution is 2.17. The fourth-order valence-electron chi connectivity index (χ4n) is 1.22. The van der Waals surface area contributed by atoms with Gasteiger partial charge in [-0.3, -0.25) is 10.9 Å². The second-order valence-corrected chi connectivity index (χ2v) is 3.40. The van der Waals surface area contributed by atoms with Gasteiger partial charge in [0.25, 0.3) is 0 Å². The summed E-state index contributed by atoms with van der Waals surface area (Å²) in [5, 5.41) is 0.715. The molecular weight excluding hydrogens is 198 g/mol. The summed E-state index contributed by atoms with van der Waals surface area (Å²) in [6.45, 7) is 0. The van der Waals surface area contributed by atoms with Crippen LogP contribution in [0.15, 0.2) is 42.2 Å². The topological polar surface area (TPSA) is 50.1 Å². The average molecular weight is 208 g/mol. The molecular formula is C10H10ClN3. The predicted octanol–water partition coefficient (Wildman–Crippen LogP) is 1.59. The monoisotopic (exact) mass is 207 g/mol. The zero-order valence-corrected chi connectivity index (χ0v) is 8.18. The van der Waals surface area contributed by atoms with Gasteiger partial charge >= 0.3 is 0 Å². The molecule has 0 spiro atoms. The summed E-state index contributed by atoms with van der Waals surface area (Å²) in [7, 11) is 0. The van der Waals surface area contributed by atoms with Gasteiger partial charge in [-0.05, 0) is 24.3 Å². The van der Waals surface area contributed by atoms with Crippen molar-refractivity contribution >= 4 is 17.3 Å². The first-order valence-corrected chi connectivity index (χ1v) is 4.59. The summed E-state index contributed by atoms with van der Waals surface area (Å²) >= 11 is 5.88. The fourth-order valence-corrected chi connectivity index (χ4v) is 1.41. The summed E-state index contributed by atoms with van der Waals surface area (Å²) in [6.07, 6.45) is 3.70. The van der Waals surface area contributed by atoms with Crippen LogP contribution in [0, 0.1) is 0 Å². The molecule has 0 saturated carbocycles. The Morgan fingerprint density at radius 1 is 1.14 bits per heavy atom. The number of halogens is 1. The van der Waals surface area contributed by atoms with Crippen LogP contribution < -0.4 is 16.6 Å². The lowest BCUT2D eigenvalue weighted by atomic mass is 10.1. The third-order valence-electron chi connectivity index (χ3n) is 1.91. The van der Waals surface area contributed by atoms with Gasteiger partial charge in [0.05, 0.1) is 5.70 Å². The van der Waals surface area contributed by atoms with Crippen LogP contribution in [-0.2, 0) is 0 Å². The number of allylic oxidation sites excluding steroid dienone is 2. The summed E-state index contributed by atoms with van der Waals surface area (Å²) in [4.78, 5) is 0. The van der Waals surface area contributed by atoms with Crippen molar-refractivity contribution in [2.75, 3.05) is 0 Å². The average Bonchev–Trinajstić information content (AvgIpc) is 2.19. The van der Waals surface area contributed by atoms with Crippen LogP contribution in [0.3, 0.4) is 0 Å². The second-order valence-electron chi connectivity index (χ2n) is 2.96. The molecule has 0 bridgehead atoms. The van der Waals surface area contributed by atoms with Gasteiger partial charge in [-0.25, -0.2) is 0 Å². The zero-order valence-electron chi connectivity index (χ0n) is 7.42. The number of rotatable bonds is 1. The zero-order chi connectivity index (χ0) is 9.97. The van der Waals surface area contributed by atoms with Crippen LogP contribution in [0.2, 0.25) is 5.02 Å². The molecule has 1 aromatic rings. The van der Waals surface area contributed by atoms with Gasteiger partial charge in [-0.15, -0.1) is 0 Å². The molecule has 0 unspecified atom stereocenters.